The normalized spacial score (nSPS) is 50.5. The smallest absolute Gasteiger partial charge is 0.394 e. The summed E-state index contributed by atoms with van der Waals surface area (Å²) in [6, 6.07) is 0. The van der Waals surface area contributed by atoms with Crippen LogP contribution in [0.3, 0.4) is 0 Å². The predicted octanol–water partition coefficient (Wildman–Crippen LogP) is 5.11. The quantitative estimate of drug-likeness (QED) is 0.534. The Balaban J connectivity index is 1.49. The highest BCUT2D eigenvalue weighted by Crippen LogP contribution is 2.75. The summed E-state index contributed by atoms with van der Waals surface area (Å²) < 4.78 is 0. The highest BCUT2D eigenvalue weighted by Gasteiger charge is 2.70. The third-order valence-electron chi connectivity index (χ3n) is 13.0. The van der Waals surface area contributed by atoms with Gasteiger partial charge in [0.15, 0.2) is 0 Å². The van der Waals surface area contributed by atoms with E-state index >= 15 is 0 Å². The number of nitrogens with zero attached hydrogens (tertiary/aromatic N) is 1. The number of aliphatic carboxylic acids is 1. The lowest BCUT2D eigenvalue weighted by Gasteiger charge is -2.73. The van der Waals surface area contributed by atoms with Crippen LogP contribution in [0.1, 0.15) is 98.8 Å². The van der Waals surface area contributed by atoms with Crippen molar-refractivity contribution in [2.24, 2.45) is 45.3 Å². The molecule has 0 aromatic carbocycles. The van der Waals surface area contributed by atoms with Crippen LogP contribution in [0.25, 0.3) is 0 Å². The minimum atomic E-state index is -1.33. The Morgan fingerprint density at radius 1 is 0.818 bits per heavy atom. The molecule has 0 spiro atoms. The van der Waals surface area contributed by atoms with Gasteiger partial charge in [0.05, 0.1) is 0 Å². The molecule has 1 saturated heterocycles. The van der Waals surface area contributed by atoms with E-state index in [0.717, 1.165) is 12.8 Å². The minimum Gasteiger partial charge on any atom is -0.474 e. The van der Waals surface area contributed by atoms with Gasteiger partial charge in [-0.25, -0.2) is 4.79 Å². The molecule has 33 heavy (non-hydrogen) atoms. The molecule has 5 fully saturated rings. The van der Waals surface area contributed by atoms with Gasteiger partial charge in [-0.15, -0.1) is 0 Å². The average molecular weight is 460 g/mol. The first kappa shape index (κ1) is 23.6. The van der Waals surface area contributed by atoms with E-state index in [4.69, 9.17) is 0 Å². The van der Waals surface area contributed by atoms with Crippen LogP contribution in [0.4, 0.5) is 0 Å². The molecule has 5 nitrogen and oxygen atoms in total. The summed E-state index contributed by atoms with van der Waals surface area (Å²) in [6.45, 7) is 12.8. The van der Waals surface area contributed by atoms with Crippen molar-refractivity contribution >= 4 is 11.9 Å². The van der Waals surface area contributed by atoms with Gasteiger partial charge in [0.25, 0.3) is 0 Å². The van der Waals surface area contributed by atoms with E-state index < -0.39 is 17.4 Å². The number of carboxylic acids is 1. The molecule has 2 N–H and O–H groups in total. The second-order valence-corrected chi connectivity index (χ2v) is 13.9. The van der Waals surface area contributed by atoms with Crippen molar-refractivity contribution in [2.45, 2.75) is 104 Å². The zero-order valence-electron chi connectivity index (χ0n) is 21.5. The molecule has 0 bridgehead atoms. The Kier molecular flexibility index (Phi) is 5.16. The van der Waals surface area contributed by atoms with Gasteiger partial charge in [-0.1, -0.05) is 27.2 Å². The van der Waals surface area contributed by atoms with Crippen molar-refractivity contribution in [3.8, 4) is 0 Å². The van der Waals surface area contributed by atoms with Crippen molar-refractivity contribution in [1.82, 2.24) is 4.90 Å². The van der Waals surface area contributed by atoms with Crippen molar-refractivity contribution in [2.75, 3.05) is 13.2 Å². The number of carbonyl (C=O) groups is 2. The first-order valence-electron chi connectivity index (χ1n) is 13.5. The van der Waals surface area contributed by atoms with Crippen LogP contribution in [-0.2, 0) is 9.59 Å². The van der Waals surface area contributed by atoms with E-state index in [1.165, 1.54) is 51.4 Å². The first-order valence-corrected chi connectivity index (χ1v) is 13.5. The zero-order valence-corrected chi connectivity index (χ0v) is 21.5. The number of aliphatic hydroxyl groups is 1. The van der Waals surface area contributed by atoms with E-state index in [9.17, 15) is 19.8 Å². The van der Waals surface area contributed by atoms with Crippen LogP contribution in [0.15, 0.2) is 0 Å². The highest BCUT2D eigenvalue weighted by molar-refractivity contribution is 6.31. The summed E-state index contributed by atoms with van der Waals surface area (Å²) in [7, 11) is 0. The SMILES string of the molecule is CC12CCN(C(=O)C(=O)O)C(C)(C)C1CCC1(C)C2CCC2C3CCCC3(CO)CC[C@]21C. The number of piperidine rings is 1. The molecule has 0 aromatic heterocycles. The fourth-order valence-electron chi connectivity index (χ4n) is 11.2. The van der Waals surface area contributed by atoms with E-state index in [-0.39, 0.29) is 16.2 Å². The molecule has 5 rings (SSSR count). The molecule has 186 valence electrons. The molecule has 4 aliphatic carbocycles. The summed E-state index contributed by atoms with van der Waals surface area (Å²) >= 11 is 0. The number of rotatable bonds is 1. The molecule has 1 aliphatic heterocycles. The predicted molar refractivity (Wildman–Crippen MR) is 127 cm³/mol. The van der Waals surface area contributed by atoms with E-state index in [1.54, 1.807) is 4.90 Å². The van der Waals surface area contributed by atoms with Gasteiger partial charge >= 0.3 is 11.9 Å². The fraction of sp³-hybridized carbons (Fsp3) is 0.929. The standard InChI is InChI=1S/C28H45NO4/c1-24(2)20-10-12-27(5)21(25(20,3)15-16-29(24)22(31)23(32)33)9-8-18-19-7-6-11-28(19,17-30)14-13-26(18,27)4/h18-21,30H,6-17H2,1-5H3,(H,32,33)/t18?,19?,20?,21?,25?,26-,27?,28?/m1/s1. The number of carboxylic acid groups (broad SMARTS) is 1. The van der Waals surface area contributed by atoms with Crippen LogP contribution in [0.5, 0.6) is 0 Å². The third-order valence-corrected chi connectivity index (χ3v) is 13.0. The molecule has 5 heteroatoms. The van der Waals surface area contributed by atoms with Crippen molar-refractivity contribution in [1.29, 1.82) is 0 Å². The Labute approximate surface area is 199 Å². The third kappa shape index (κ3) is 2.81. The molecule has 1 amide bonds. The Morgan fingerprint density at radius 2 is 1.55 bits per heavy atom. The van der Waals surface area contributed by atoms with Gasteiger partial charge in [0.1, 0.15) is 0 Å². The maximum absolute atomic E-state index is 12.5. The number of fused-ring (bicyclic) bond motifs is 7. The van der Waals surface area contributed by atoms with Gasteiger partial charge in [-0.2, -0.15) is 0 Å². The maximum atomic E-state index is 12.5. The van der Waals surface area contributed by atoms with Crippen molar-refractivity contribution < 1.29 is 19.8 Å². The van der Waals surface area contributed by atoms with E-state index in [0.29, 0.717) is 42.2 Å². The summed E-state index contributed by atoms with van der Waals surface area (Å²) in [6.07, 6.45) is 11.8. The van der Waals surface area contributed by atoms with E-state index in [1.807, 2.05) is 0 Å². The minimum absolute atomic E-state index is 0.126. The number of amides is 1. The summed E-state index contributed by atoms with van der Waals surface area (Å²) in [4.78, 5) is 25.7. The lowest BCUT2D eigenvalue weighted by atomic mass is 9.33. The van der Waals surface area contributed by atoms with Gasteiger partial charge in [0.2, 0.25) is 0 Å². The van der Waals surface area contributed by atoms with Gasteiger partial charge in [-0.05, 0) is 117 Å². The first-order chi connectivity index (χ1) is 15.4. The molecule has 0 radical (unpaired) electrons. The molecule has 7 unspecified atom stereocenters. The number of hydrogen-bond acceptors (Lipinski definition) is 3. The van der Waals surface area contributed by atoms with Crippen LogP contribution in [0, 0.1) is 45.3 Å². The average Bonchev–Trinajstić information content (AvgIpc) is 3.18. The second kappa shape index (κ2) is 7.21. The number of hydrogen-bond donors (Lipinski definition) is 2. The second-order valence-electron chi connectivity index (χ2n) is 13.9. The molecule has 5 aliphatic rings. The molecule has 0 aromatic rings. The van der Waals surface area contributed by atoms with Crippen LogP contribution < -0.4 is 0 Å². The van der Waals surface area contributed by atoms with Gasteiger partial charge in [0, 0.05) is 18.7 Å². The van der Waals surface area contributed by atoms with Crippen molar-refractivity contribution in [3.05, 3.63) is 0 Å². The van der Waals surface area contributed by atoms with E-state index in [2.05, 4.69) is 34.6 Å². The molecular formula is C28H45NO4. The number of aliphatic hydroxyl groups excluding tert-OH is 1. The number of carbonyl (C=O) groups excluding carboxylic acids is 1. The van der Waals surface area contributed by atoms with Gasteiger partial charge < -0.3 is 15.1 Å². The summed E-state index contributed by atoms with van der Waals surface area (Å²) in [5.41, 5.74) is 0.432. The van der Waals surface area contributed by atoms with Gasteiger partial charge in [-0.3, -0.25) is 4.79 Å². The van der Waals surface area contributed by atoms with Crippen LogP contribution in [0.2, 0.25) is 0 Å². The maximum Gasteiger partial charge on any atom is 0.394 e. The lowest BCUT2D eigenvalue weighted by molar-refractivity contribution is -0.241. The summed E-state index contributed by atoms with van der Waals surface area (Å²) in [5, 5.41) is 19.8. The molecular weight excluding hydrogens is 414 g/mol. The summed E-state index contributed by atoms with van der Waals surface area (Å²) in [5.74, 6) is 0.257. The Bertz CT molecular complexity index is 855. The Hall–Kier alpha value is -1.10. The topological polar surface area (TPSA) is 77.8 Å². The van der Waals surface area contributed by atoms with Crippen LogP contribution in [-0.4, -0.2) is 45.7 Å². The number of likely N-dealkylation sites (tertiary alicyclic amines) is 1. The largest absolute Gasteiger partial charge is 0.474 e. The Morgan fingerprint density at radius 3 is 2.21 bits per heavy atom. The zero-order chi connectivity index (χ0) is 24.0. The monoisotopic (exact) mass is 459 g/mol. The molecule has 1 heterocycles. The van der Waals surface area contributed by atoms with Crippen molar-refractivity contribution in [3.63, 3.8) is 0 Å². The fourth-order valence-corrected chi connectivity index (χ4v) is 11.2. The van der Waals surface area contributed by atoms with Crippen LogP contribution >= 0.6 is 0 Å². The molecule has 8 atom stereocenters. The lowest BCUT2D eigenvalue weighted by Crippen LogP contribution is -2.70. The molecule has 4 saturated carbocycles. The highest BCUT2D eigenvalue weighted by atomic mass is 16.4.